The van der Waals surface area contributed by atoms with E-state index < -0.39 is 11.9 Å². The van der Waals surface area contributed by atoms with E-state index in [1.165, 1.54) is 36.6 Å². The van der Waals surface area contributed by atoms with Crippen LogP contribution >= 0.6 is 0 Å². The summed E-state index contributed by atoms with van der Waals surface area (Å²) in [6.07, 6.45) is 1.15. The molecule has 7 nitrogen and oxygen atoms in total. The number of carbonyl (C=O) groups excluding carboxylic acids is 2. The Balaban J connectivity index is 1.78. The molecule has 1 aromatic heterocycles. The largest absolute Gasteiger partial charge is 0.508 e. The van der Waals surface area contributed by atoms with Crippen LogP contribution in [0.25, 0.3) is 22.1 Å². The number of ether oxygens (including phenoxy) is 2. The third kappa shape index (κ3) is 4.37. The van der Waals surface area contributed by atoms with Gasteiger partial charge in [-0.05, 0) is 36.8 Å². The molecule has 0 amide bonds. The molecule has 0 fully saturated rings. The quantitative estimate of drug-likeness (QED) is 0.515. The number of hydrogen-bond acceptors (Lipinski definition) is 7. The van der Waals surface area contributed by atoms with Gasteiger partial charge in [-0.2, -0.15) is 0 Å². The summed E-state index contributed by atoms with van der Waals surface area (Å²) < 4.78 is 15.5. The number of carbonyl (C=O) groups is 2. The van der Waals surface area contributed by atoms with E-state index in [9.17, 15) is 19.5 Å². The molecule has 144 valence electrons. The van der Waals surface area contributed by atoms with Gasteiger partial charge in [0, 0.05) is 6.07 Å². The van der Waals surface area contributed by atoms with Crippen molar-refractivity contribution < 1.29 is 28.6 Å². The fraction of sp³-hybridized carbons (Fsp3) is 0.190. The molecule has 2 aromatic carbocycles. The van der Waals surface area contributed by atoms with Gasteiger partial charge in [-0.1, -0.05) is 12.1 Å². The number of phenolic OH excluding ortho intramolecular Hbond substituents is 1. The Kier molecular flexibility index (Phi) is 5.74. The molecule has 1 heterocycles. The van der Waals surface area contributed by atoms with Gasteiger partial charge in [-0.25, -0.2) is 0 Å². The molecule has 0 atom stereocenters. The zero-order chi connectivity index (χ0) is 20.1. The molecule has 3 rings (SSSR count). The van der Waals surface area contributed by atoms with Crippen LogP contribution < -0.4 is 10.2 Å². The van der Waals surface area contributed by atoms with E-state index in [1.807, 2.05) is 0 Å². The summed E-state index contributed by atoms with van der Waals surface area (Å²) in [5, 5.41) is 9.70. The molecule has 0 bridgehead atoms. The predicted octanol–water partition coefficient (Wildman–Crippen LogP) is 3.41. The van der Waals surface area contributed by atoms with Gasteiger partial charge < -0.3 is 19.0 Å². The highest BCUT2D eigenvalue weighted by atomic mass is 16.5. The minimum atomic E-state index is -0.588. The molecule has 0 radical (unpaired) electrons. The van der Waals surface area contributed by atoms with Crippen molar-refractivity contribution in [2.75, 3.05) is 6.61 Å². The summed E-state index contributed by atoms with van der Waals surface area (Å²) >= 11 is 0. The zero-order valence-corrected chi connectivity index (χ0v) is 15.1. The van der Waals surface area contributed by atoms with E-state index in [0.29, 0.717) is 16.5 Å². The fourth-order valence-corrected chi connectivity index (χ4v) is 2.63. The molecule has 1 N–H and O–H groups in total. The van der Waals surface area contributed by atoms with Gasteiger partial charge in [0.1, 0.15) is 23.3 Å². The highest BCUT2D eigenvalue weighted by molar-refractivity contribution is 5.84. The monoisotopic (exact) mass is 382 g/mol. The molecular formula is C21H18O7. The molecule has 0 aliphatic rings. The molecule has 3 aromatic rings. The Morgan fingerprint density at radius 2 is 1.75 bits per heavy atom. The standard InChI is InChI=1S/C21H18O7/c1-2-26-19(23)9-10-20(24)28-15-7-8-16-18(11-15)27-12-17(21(16)25)13-3-5-14(22)6-4-13/h3-8,11-12,22H,2,9-10H2,1H3. The van der Waals surface area contributed by atoms with Crippen LogP contribution in [0, 0.1) is 0 Å². The lowest BCUT2D eigenvalue weighted by Gasteiger charge is -2.06. The topological polar surface area (TPSA) is 103 Å². The third-order valence-electron chi connectivity index (χ3n) is 3.99. The lowest BCUT2D eigenvalue weighted by molar-refractivity contribution is -0.146. The fourth-order valence-electron chi connectivity index (χ4n) is 2.63. The number of benzene rings is 2. The van der Waals surface area contributed by atoms with Gasteiger partial charge in [0.05, 0.1) is 30.4 Å². The van der Waals surface area contributed by atoms with Gasteiger partial charge in [0.15, 0.2) is 5.43 Å². The van der Waals surface area contributed by atoms with Crippen LogP contribution in [0.15, 0.2) is 57.9 Å². The lowest BCUT2D eigenvalue weighted by Crippen LogP contribution is -2.12. The van der Waals surface area contributed by atoms with Gasteiger partial charge in [-0.3, -0.25) is 14.4 Å². The Morgan fingerprint density at radius 3 is 2.46 bits per heavy atom. The first-order valence-electron chi connectivity index (χ1n) is 8.69. The minimum Gasteiger partial charge on any atom is -0.508 e. The lowest BCUT2D eigenvalue weighted by atomic mass is 10.1. The molecular weight excluding hydrogens is 364 g/mol. The number of hydrogen-bond donors (Lipinski definition) is 1. The van der Waals surface area contributed by atoms with E-state index in [1.54, 1.807) is 19.1 Å². The highest BCUT2D eigenvalue weighted by Gasteiger charge is 2.13. The number of esters is 2. The normalized spacial score (nSPS) is 10.6. The van der Waals surface area contributed by atoms with Crippen LogP contribution in [0.3, 0.4) is 0 Å². The number of aromatic hydroxyl groups is 1. The first-order valence-corrected chi connectivity index (χ1v) is 8.69. The van der Waals surface area contributed by atoms with Crippen molar-refractivity contribution in [3.8, 4) is 22.6 Å². The van der Waals surface area contributed by atoms with Crippen LogP contribution in [-0.2, 0) is 14.3 Å². The maximum atomic E-state index is 12.7. The summed E-state index contributed by atoms with van der Waals surface area (Å²) in [5.74, 6) is -0.744. The van der Waals surface area contributed by atoms with E-state index in [-0.39, 0.29) is 42.0 Å². The molecule has 0 unspecified atom stereocenters. The van der Waals surface area contributed by atoms with E-state index in [4.69, 9.17) is 13.9 Å². The number of phenols is 1. The number of rotatable bonds is 6. The first-order chi connectivity index (χ1) is 13.5. The van der Waals surface area contributed by atoms with Gasteiger partial charge in [0.25, 0.3) is 0 Å². The van der Waals surface area contributed by atoms with Crippen molar-refractivity contribution in [3.05, 3.63) is 59.0 Å². The third-order valence-corrected chi connectivity index (χ3v) is 3.99. The van der Waals surface area contributed by atoms with E-state index in [0.717, 1.165) is 0 Å². The maximum absolute atomic E-state index is 12.7. The van der Waals surface area contributed by atoms with E-state index in [2.05, 4.69) is 0 Å². The van der Waals surface area contributed by atoms with Crippen molar-refractivity contribution in [1.82, 2.24) is 0 Å². The second-order valence-corrected chi connectivity index (χ2v) is 5.96. The minimum absolute atomic E-state index is 0.0642. The van der Waals surface area contributed by atoms with Crippen molar-refractivity contribution in [2.24, 2.45) is 0 Å². The summed E-state index contributed by atoms with van der Waals surface area (Å²) in [6.45, 7) is 1.94. The van der Waals surface area contributed by atoms with Crippen molar-refractivity contribution in [1.29, 1.82) is 0 Å². The van der Waals surface area contributed by atoms with E-state index >= 15 is 0 Å². The Labute approximate surface area is 160 Å². The summed E-state index contributed by atoms with van der Waals surface area (Å²) in [4.78, 5) is 35.8. The molecule has 0 spiro atoms. The summed E-state index contributed by atoms with van der Waals surface area (Å²) in [5.41, 5.74) is 0.991. The Bertz CT molecular complexity index is 1060. The maximum Gasteiger partial charge on any atom is 0.311 e. The highest BCUT2D eigenvalue weighted by Crippen LogP contribution is 2.24. The molecule has 0 aliphatic heterocycles. The molecule has 0 saturated carbocycles. The van der Waals surface area contributed by atoms with Crippen molar-refractivity contribution in [2.45, 2.75) is 19.8 Å². The van der Waals surface area contributed by atoms with Crippen molar-refractivity contribution >= 4 is 22.9 Å². The Hall–Kier alpha value is -3.61. The Morgan fingerprint density at radius 1 is 1.04 bits per heavy atom. The molecule has 0 saturated heterocycles. The molecule has 0 aliphatic carbocycles. The smallest absolute Gasteiger partial charge is 0.311 e. The second kappa shape index (κ2) is 8.39. The SMILES string of the molecule is CCOC(=O)CCC(=O)Oc1ccc2c(=O)c(-c3ccc(O)cc3)coc2c1. The predicted molar refractivity (Wildman–Crippen MR) is 101 cm³/mol. The average molecular weight is 382 g/mol. The molecule has 7 heteroatoms. The van der Waals surface area contributed by atoms with Gasteiger partial charge in [-0.15, -0.1) is 0 Å². The molecule has 28 heavy (non-hydrogen) atoms. The van der Waals surface area contributed by atoms with Gasteiger partial charge in [0.2, 0.25) is 0 Å². The second-order valence-electron chi connectivity index (χ2n) is 5.96. The van der Waals surface area contributed by atoms with Crippen LogP contribution in [0.4, 0.5) is 0 Å². The first kappa shape index (κ1) is 19.2. The zero-order valence-electron chi connectivity index (χ0n) is 15.1. The van der Waals surface area contributed by atoms with Crippen LogP contribution in [0.5, 0.6) is 11.5 Å². The summed E-state index contributed by atoms with van der Waals surface area (Å²) in [6, 6.07) is 10.6. The number of fused-ring (bicyclic) bond motifs is 1. The average Bonchev–Trinajstić information content (AvgIpc) is 2.68. The van der Waals surface area contributed by atoms with Crippen LogP contribution in [-0.4, -0.2) is 23.7 Å². The van der Waals surface area contributed by atoms with Crippen LogP contribution in [0.2, 0.25) is 0 Å². The van der Waals surface area contributed by atoms with Crippen LogP contribution in [0.1, 0.15) is 19.8 Å². The summed E-state index contributed by atoms with van der Waals surface area (Å²) in [7, 11) is 0. The van der Waals surface area contributed by atoms with Crippen molar-refractivity contribution in [3.63, 3.8) is 0 Å². The van der Waals surface area contributed by atoms with Gasteiger partial charge >= 0.3 is 11.9 Å².